The fraction of sp³-hybridized carbons (Fsp3) is 0.286. The molecule has 6 rings (SSSR count). The first-order chi connectivity index (χ1) is 17.2. The van der Waals surface area contributed by atoms with Crippen LogP contribution in [0, 0.1) is 6.92 Å². The minimum absolute atomic E-state index is 0.456. The number of carboxylic acids is 1. The molecule has 0 radical (unpaired) electrons. The molecular weight excluding hydrogens is 456 g/mol. The Bertz CT molecular complexity index is 1670. The lowest BCUT2D eigenvalue weighted by atomic mass is 9.94. The number of carbonyl (C=O) groups is 1. The Kier molecular flexibility index (Phi) is 4.98. The van der Waals surface area contributed by atoms with Gasteiger partial charge >= 0.3 is 5.97 Å². The predicted octanol–water partition coefficient (Wildman–Crippen LogP) is 5.28. The monoisotopic (exact) mass is 482 g/mol. The van der Waals surface area contributed by atoms with Crippen molar-refractivity contribution in [3.63, 3.8) is 0 Å². The molecule has 0 saturated heterocycles. The quantitative estimate of drug-likeness (QED) is 0.372. The maximum absolute atomic E-state index is 12.6. The number of carboxylic acid groups (broad SMARTS) is 1. The highest BCUT2D eigenvalue weighted by Crippen LogP contribution is 2.42. The van der Waals surface area contributed by atoms with Gasteiger partial charge in [-0.3, -0.25) is 4.98 Å². The predicted molar refractivity (Wildman–Crippen MR) is 136 cm³/mol. The first kappa shape index (κ1) is 22.4. The first-order valence-corrected chi connectivity index (χ1v) is 12.0. The zero-order valence-electron chi connectivity index (χ0n) is 20.6. The van der Waals surface area contributed by atoms with E-state index < -0.39 is 17.7 Å². The molecule has 1 N–H and O–H groups in total. The van der Waals surface area contributed by atoms with Crippen LogP contribution in [0.3, 0.4) is 0 Å². The van der Waals surface area contributed by atoms with Gasteiger partial charge in [0, 0.05) is 40.2 Å². The van der Waals surface area contributed by atoms with Crippen LogP contribution >= 0.6 is 0 Å². The summed E-state index contributed by atoms with van der Waals surface area (Å²) in [7, 11) is 0. The van der Waals surface area contributed by atoms with Crippen LogP contribution in [-0.2, 0) is 16.0 Å². The Morgan fingerprint density at radius 2 is 1.97 bits per heavy atom. The third-order valence-corrected chi connectivity index (χ3v) is 6.47. The molecule has 0 spiro atoms. The molecule has 3 aromatic heterocycles. The Hall–Kier alpha value is -4.04. The number of aliphatic carboxylic acids is 1. The van der Waals surface area contributed by atoms with E-state index in [2.05, 4.69) is 0 Å². The van der Waals surface area contributed by atoms with Gasteiger partial charge in [0.2, 0.25) is 0 Å². The van der Waals surface area contributed by atoms with Crippen molar-refractivity contribution in [2.75, 3.05) is 6.61 Å². The largest absolute Gasteiger partial charge is 0.493 e. The summed E-state index contributed by atoms with van der Waals surface area (Å²) in [6, 6.07) is 13.6. The smallest absolute Gasteiger partial charge is 0.337 e. The molecule has 1 unspecified atom stereocenters. The van der Waals surface area contributed by atoms with Gasteiger partial charge in [0.15, 0.2) is 11.8 Å². The van der Waals surface area contributed by atoms with Crippen molar-refractivity contribution in [1.82, 2.24) is 19.6 Å². The maximum Gasteiger partial charge on any atom is 0.337 e. The fourth-order valence-electron chi connectivity index (χ4n) is 5.04. The van der Waals surface area contributed by atoms with Gasteiger partial charge in [-0.25, -0.2) is 14.3 Å². The van der Waals surface area contributed by atoms with Gasteiger partial charge in [-0.15, -0.1) is 0 Å². The second-order valence-corrected chi connectivity index (χ2v) is 10.1. The molecule has 8 nitrogen and oxygen atoms in total. The Morgan fingerprint density at radius 3 is 2.75 bits per heavy atom. The second-order valence-electron chi connectivity index (χ2n) is 10.1. The number of nitrogens with zero attached hydrogens (tertiary/aromatic N) is 4. The van der Waals surface area contributed by atoms with Crippen LogP contribution in [-0.4, -0.2) is 42.9 Å². The average Bonchev–Trinajstić information content (AvgIpc) is 3.20. The Labute approximate surface area is 207 Å². The molecule has 4 heterocycles. The van der Waals surface area contributed by atoms with E-state index >= 15 is 0 Å². The van der Waals surface area contributed by atoms with Gasteiger partial charge < -0.3 is 14.6 Å². The van der Waals surface area contributed by atoms with Crippen LogP contribution in [0.2, 0.25) is 0 Å². The SMILES string of the molecule is Cc1nc2c3ccccc3nn2c(-c2ccc3c4c(ccnc24)CCO3)c1C(OC(C)(C)C)C(=O)O. The molecule has 0 aliphatic carbocycles. The number of hydrogen-bond acceptors (Lipinski definition) is 6. The Morgan fingerprint density at radius 1 is 1.17 bits per heavy atom. The molecule has 36 heavy (non-hydrogen) atoms. The average molecular weight is 483 g/mol. The Balaban J connectivity index is 1.77. The maximum atomic E-state index is 12.6. The van der Waals surface area contributed by atoms with Gasteiger partial charge in [-0.2, -0.15) is 5.10 Å². The lowest BCUT2D eigenvalue weighted by Crippen LogP contribution is -2.29. The zero-order valence-corrected chi connectivity index (χ0v) is 20.6. The van der Waals surface area contributed by atoms with Gasteiger partial charge in [-0.1, -0.05) is 12.1 Å². The first-order valence-electron chi connectivity index (χ1n) is 12.0. The summed E-state index contributed by atoms with van der Waals surface area (Å²) in [4.78, 5) is 22.2. The van der Waals surface area contributed by atoms with Crippen molar-refractivity contribution in [2.24, 2.45) is 0 Å². The van der Waals surface area contributed by atoms with E-state index in [9.17, 15) is 9.90 Å². The van der Waals surface area contributed by atoms with Crippen LogP contribution < -0.4 is 4.74 Å². The molecule has 0 amide bonds. The third kappa shape index (κ3) is 3.48. The molecule has 0 bridgehead atoms. The van der Waals surface area contributed by atoms with E-state index in [4.69, 9.17) is 24.5 Å². The van der Waals surface area contributed by atoms with E-state index in [1.807, 2.05) is 70.2 Å². The van der Waals surface area contributed by atoms with E-state index in [1.54, 1.807) is 10.7 Å². The highest BCUT2D eigenvalue weighted by molar-refractivity contribution is 6.01. The molecule has 2 aromatic carbocycles. The van der Waals surface area contributed by atoms with Gasteiger partial charge in [0.25, 0.3) is 0 Å². The normalized spacial score (nSPS) is 14.3. The van der Waals surface area contributed by atoms with Crippen LogP contribution in [0.5, 0.6) is 5.75 Å². The molecule has 0 saturated carbocycles. The van der Waals surface area contributed by atoms with Crippen molar-refractivity contribution in [3.8, 4) is 17.0 Å². The zero-order chi connectivity index (χ0) is 25.2. The number of benzene rings is 2. The summed E-state index contributed by atoms with van der Waals surface area (Å²) in [6.45, 7) is 7.96. The summed E-state index contributed by atoms with van der Waals surface area (Å²) in [5, 5.41) is 17.0. The van der Waals surface area contributed by atoms with Crippen molar-refractivity contribution in [3.05, 3.63) is 65.5 Å². The van der Waals surface area contributed by atoms with E-state index in [1.165, 1.54) is 0 Å². The molecule has 8 heteroatoms. The number of hydrogen-bond donors (Lipinski definition) is 1. The third-order valence-electron chi connectivity index (χ3n) is 6.47. The number of pyridine rings is 1. The highest BCUT2D eigenvalue weighted by atomic mass is 16.5. The molecule has 1 atom stereocenters. The topological polar surface area (TPSA) is 98.8 Å². The van der Waals surface area contributed by atoms with Gasteiger partial charge in [-0.05, 0) is 63.6 Å². The summed E-state index contributed by atoms with van der Waals surface area (Å²) in [5.41, 5.74) is 4.98. The lowest BCUT2D eigenvalue weighted by Gasteiger charge is -2.28. The molecule has 0 fully saturated rings. The number of aromatic nitrogens is 4. The number of aryl methyl sites for hydroxylation is 1. The summed E-state index contributed by atoms with van der Waals surface area (Å²) < 4.78 is 13.8. The van der Waals surface area contributed by atoms with Crippen molar-refractivity contribution in [2.45, 2.75) is 45.8 Å². The van der Waals surface area contributed by atoms with Crippen molar-refractivity contribution in [1.29, 1.82) is 0 Å². The van der Waals surface area contributed by atoms with E-state index in [-0.39, 0.29) is 0 Å². The van der Waals surface area contributed by atoms with Crippen molar-refractivity contribution < 1.29 is 19.4 Å². The molecular formula is C28H26N4O4. The minimum atomic E-state index is -1.26. The molecule has 1 aliphatic heterocycles. The van der Waals surface area contributed by atoms with E-state index in [0.717, 1.165) is 45.1 Å². The summed E-state index contributed by atoms with van der Waals surface area (Å²) in [5.74, 6) is -0.316. The van der Waals surface area contributed by atoms with Crippen LogP contribution in [0.1, 0.15) is 43.7 Å². The second kappa shape index (κ2) is 7.99. The number of rotatable bonds is 4. The molecule has 182 valence electrons. The minimum Gasteiger partial charge on any atom is -0.493 e. The highest BCUT2D eigenvalue weighted by Gasteiger charge is 2.34. The van der Waals surface area contributed by atoms with Gasteiger partial charge in [0.1, 0.15) is 5.75 Å². The number of ether oxygens (including phenoxy) is 2. The number of fused-ring (bicyclic) bond motifs is 3. The summed E-state index contributed by atoms with van der Waals surface area (Å²) in [6.07, 6.45) is 1.32. The van der Waals surface area contributed by atoms with Crippen molar-refractivity contribution >= 4 is 33.4 Å². The molecule has 5 aromatic rings. The van der Waals surface area contributed by atoms with E-state index in [0.29, 0.717) is 29.2 Å². The standard InChI is InChI=1S/C28H26N4O4/c1-15-21(25(27(33)34)36-28(2,3)4)24(32-26(30-15)17-7-5-6-8-19(17)31-32)18-9-10-20-22-16(12-14-35-20)11-13-29-23(18)22/h5-11,13,25H,12,14H2,1-4H3,(H,33,34). The van der Waals surface area contributed by atoms with Crippen LogP contribution in [0.25, 0.3) is 38.7 Å². The van der Waals surface area contributed by atoms with Crippen LogP contribution in [0.4, 0.5) is 0 Å². The van der Waals surface area contributed by atoms with Gasteiger partial charge in [0.05, 0.1) is 28.9 Å². The molecule has 1 aliphatic rings. The lowest BCUT2D eigenvalue weighted by molar-refractivity contribution is -0.160. The fourth-order valence-corrected chi connectivity index (χ4v) is 5.04. The van der Waals surface area contributed by atoms with Crippen LogP contribution in [0.15, 0.2) is 48.7 Å². The summed E-state index contributed by atoms with van der Waals surface area (Å²) >= 11 is 0.